The van der Waals surface area contributed by atoms with Crippen molar-refractivity contribution in [1.29, 1.82) is 0 Å². The molecular formula is C19H23N3O3S. The SMILES string of the molecule is CCC(=O)Nc1ccc(C)c(NC(=O)CCCNC(=O)c2ccsc2)c1. The molecule has 0 aliphatic rings. The van der Waals surface area contributed by atoms with Gasteiger partial charge in [0.2, 0.25) is 11.8 Å². The Hall–Kier alpha value is -2.67. The number of benzene rings is 1. The first-order valence-corrected chi connectivity index (χ1v) is 9.44. The van der Waals surface area contributed by atoms with Crippen LogP contribution in [0.2, 0.25) is 0 Å². The standard InChI is InChI=1S/C19H23N3O3S/c1-3-17(23)21-15-7-6-13(2)16(11-15)22-18(24)5-4-9-20-19(25)14-8-10-26-12-14/h6-8,10-12H,3-5,9H2,1-2H3,(H,20,25)(H,21,23)(H,22,24). The molecule has 0 atom stereocenters. The highest BCUT2D eigenvalue weighted by Gasteiger charge is 2.08. The van der Waals surface area contributed by atoms with E-state index in [9.17, 15) is 14.4 Å². The van der Waals surface area contributed by atoms with Gasteiger partial charge in [-0.2, -0.15) is 11.3 Å². The van der Waals surface area contributed by atoms with E-state index >= 15 is 0 Å². The fourth-order valence-corrected chi connectivity index (χ4v) is 2.88. The fourth-order valence-electron chi connectivity index (χ4n) is 2.24. The monoisotopic (exact) mass is 373 g/mol. The van der Waals surface area contributed by atoms with Crippen LogP contribution in [0.4, 0.5) is 11.4 Å². The Morgan fingerprint density at radius 2 is 1.88 bits per heavy atom. The molecule has 3 amide bonds. The molecule has 0 fully saturated rings. The average molecular weight is 373 g/mol. The molecular weight excluding hydrogens is 350 g/mol. The van der Waals surface area contributed by atoms with E-state index < -0.39 is 0 Å². The van der Waals surface area contributed by atoms with E-state index in [4.69, 9.17) is 0 Å². The van der Waals surface area contributed by atoms with Crippen LogP contribution < -0.4 is 16.0 Å². The number of amides is 3. The van der Waals surface area contributed by atoms with Gasteiger partial charge in [-0.15, -0.1) is 0 Å². The lowest BCUT2D eigenvalue weighted by Gasteiger charge is -2.11. The van der Waals surface area contributed by atoms with E-state index in [1.54, 1.807) is 30.5 Å². The van der Waals surface area contributed by atoms with E-state index in [0.717, 1.165) is 5.56 Å². The zero-order valence-electron chi connectivity index (χ0n) is 14.9. The molecule has 0 spiro atoms. The minimum absolute atomic E-state index is 0.0764. The van der Waals surface area contributed by atoms with E-state index in [1.165, 1.54) is 11.3 Å². The van der Waals surface area contributed by atoms with E-state index in [-0.39, 0.29) is 17.7 Å². The van der Waals surface area contributed by atoms with Gasteiger partial charge in [-0.1, -0.05) is 13.0 Å². The zero-order chi connectivity index (χ0) is 18.9. The zero-order valence-corrected chi connectivity index (χ0v) is 15.7. The summed E-state index contributed by atoms with van der Waals surface area (Å²) in [5.41, 5.74) is 2.88. The van der Waals surface area contributed by atoms with Gasteiger partial charge in [0.05, 0.1) is 0 Å². The van der Waals surface area contributed by atoms with Crippen molar-refractivity contribution in [1.82, 2.24) is 5.32 Å². The second kappa shape index (κ2) is 9.72. The molecule has 6 nitrogen and oxygen atoms in total. The lowest BCUT2D eigenvalue weighted by atomic mass is 10.1. The summed E-state index contributed by atoms with van der Waals surface area (Å²) < 4.78 is 0. The number of carbonyl (C=O) groups excluding carboxylic acids is 3. The first kappa shape index (κ1) is 19.7. The first-order valence-electron chi connectivity index (χ1n) is 8.50. The third kappa shape index (κ3) is 6.00. The fraction of sp³-hybridized carbons (Fsp3) is 0.316. The van der Waals surface area contributed by atoms with Gasteiger partial charge in [0.25, 0.3) is 5.91 Å². The molecule has 0 aliphatic heterocycles. The van der Waals surface area contributed by atoms with Crippen LogP contribution in [0.5, 0.6) is 0 Å². The Bertz CT molecular complexity index is 772. The number of aryl methyl sites for hydroxylation is 1. The molecule has 0 aliphatic carbocycles. The van der Waals surface area contributed by atoms with Gasteiger partial charge in [0, 0.05) is 41.7 Å². The third-order valence-corrected chi connectivity index (χ3v) is 4.45. The second-order valence-electron chi connectivity index (χ2n) is 5.85. The summed E-state index contributed by atoms with van der Waals surface area (Å²) in [6, 6.07) is 7.17. The largest absolute Gasteiger partial charge is 0.352 e. The van der Waals surface area contributed by atoms with Gasteiger partial charge < -0.3 is 16.0 Å². The van der Waals surface area contributed by atoms with Crippen LogP contribution in [0, 0.1) is 6.92 Å². The topological polar surface area (TPSA) is 87.3 Å². The molecule has 26 heavy (non-hydrogen) atoms. The van der Waals surface area contributed by atoms with Crippen molar-refractivity contribution in [2.45, 2.75) is 33.1 Å². The maximum Gasteiger partial charge on any atom is 0.252 e. The Morgan fingerprint density at radius 1 is 1.08 bits per heavy atom. The van der Waals surface area contributed by atoms with Crippen LogP contribution in [0.15, 0.2) is 35.0 Å². The van der Waals surface area contributed by atoms with Crippen molar-refractivity contribution in [2.75, 3.05) is 17.2 Å². The Kier molecular flexibility index (Phi) is 7.35. The van der Waals surface area contributed by atoms with Gasteiger partial charge in [0.1, 0.15) is 0 Å². The van der Waals surface area contributed by atoms with Crippen molar-refractivity contribution in [3.05, 3.63) is 46.2 Å². The van der Waals surface area contributed by atoms with Crippen LogP contribution in [0.25, 0.3) is 0 Å². The van der Waals surface area contributed by atoms with Crippen LogP contribution in [-0.4, -0.2) is 24.3 Å². The third-order valence-electron chi connectivity index (χ3n) is 3.77. The molecule has 1 aromatic carbocycles. The van der Waals surface area contributed by atoms with E-state index in [2.05, 4.69) is 16.0 Å². The van der Waals surface area contributed by atoms with E-state index in [0.29, 0.717) is 42.7 Å². The number of hydrogen-bond donors (Lipinski definition) is 3. The molecule has 138 valence electrons. The number of hydrogen-bond acceptors (Lipinski definition) is 4. The second-order valence-corrected chi connectivity index (χ2v) is 6.63. The number of thiophene rings is 1. The van der Waals surface area contributed by atoms with Crippen LogP contribution in [-0.2, 0) is 9.59 Å². The van der Waals surface area contributed by atoms with E-state index in [1.807, 2.05) is 18.4 Å². The predicted octanol–water partition coefficient (Wildman–Crippen LogP) is 3.55. The number of rotatable bonds is 8. The Labute approximate surface area is 157 Å². The van der Waals surface area contributed by atoms with Crippen molar-refractivity contribution in [3.8, 4) is 0 Å². The van der Waals surface area contributed by atoms with Crippen molar-refractivity contribution >= 4 is 40.4 Å². The highest BCUT2D eigenvalue weighted by atomic mass is 32.1. The molecule has 1 aromatic heterocycles. The summed E-state index contributed by atoms with van der Waals surface area (Å²) in [5, 5.41) is 12.1. The minimum atomic E-state index is -0.128. The molecule has 7 heteroatoms. The summed E-state index contributed by atoms with van der Waals surface area (Å²) in [4.78, 5) is 35.4. The Balaban J connectivity index is 1.79. The van der Waals surface area contributed by atoms with Crippen LogP contribution in [0.3, 0.4) is 0 Å². The predicted molar refractivity (Wildman–Crippen MR) is 105 cm³/mol. The molecule has 2 rings (SSSR count). The highest BCUT2D eigenvalue weighted by molar-refractivity contribution is 7.08. The average Bonchev–Trinajstić information content (AvgIpc) is 3.16. The quantitative estimate of drug-likeness (QED) is 0.618. The van der Waals surface area contributed by atoms with Crippen LogP contribution in [0.1, 0.15) is 42.1 Å². The molecule has 0 saturated carbocycles. The lowest BCUT2D eigenvalue weighted by molar-refractivity contribution is -0.116. The summed E-state index contributed by atoms with van der Waals surface area (Å²) in [5.74, 6) is -0.328. The molecule has 0 saturated heterocycles. The summed E-state index contributed by atoms with van der Waals surface area (Å²) >= 11 is 1.47. The molecule has 0 bridgehead atoms. The first-order chi connectivity index (χ1) is 12.5. The Morgan fingerprint density at radius 3 is 2.58 bits per heavy atom. The molecule has 2 aromatic rings. The van der Waals surface area contributed by atoms with Crippen molar-refractivity contribution in [3.63, 3.8) is 0 Å². The molecule has 1 heterocycles. The maximum atomic E-state index is 12.1. The van der Waals surface area contributed by atoms with Crippen molar-refractivity contribution in [2.24, 2.45) is 0 Å². The summed E-state index contributed by atoms with van der Waals surface area (Å²) in [7, 11) is 0. The van der Waals surface area contributed by atoms with Gasteiger partial charge in [0.15, 0.2) is 0 Å². The summed E-state index contributed by atoms with van der Waals surface area (Å²) in [6.07, 6.45) is 1.24. The lowest BCUT2D eigenvalue weighted by Crippen LogP contribution is -2.25. The van der Waals surface area contributed by atoms with Gasteiger partial charge >= 0.3 is 0 Å². The van der Waals surface area contributed by atoms with Gasteiger partial charge in [-0.3, -0.25) is 14.4 Å². The number of nitrogens with one attached hydrogen (secondary N) is 3. The molecule has 0 unspecified atom stereocenters. The normalized spacial score (nSPS) is 10.2. The molecule has 0 radical (unpaired) electrons. The smallest absolute Gasteiger partial charge is 0.252 e. The summed E-state index contributed by atoms with van der Waals surface area (Å²) in [6.45, 7) is 4.11. The highest BCUT2D eigenvalue weighted by Crippen LogP contribution is 2.20. The molecule has 3 N–H and O–H groups in total. The van der Waals surface area contributed by atoms with Gasteiger partial charge in [-0.25, -0.2) is 0 Å². The minimum Gasteiger partial charge on any atom is -0.352 e. The van der Waals surface area contributed by atoms with Gasteiger partial charge in [-0.05, 0) is 42.5 Å². The number of anilines is 2. The van der Waals surface area contributed by atoms with Crippen molar-refractivity contribution < 1.29 is 14.4 Å². The van der Waals surface area contributed by atoms with Crippen LogP contribution >= 0.6 is 11.3 Å². The number of carbonyl (C=O) groups is 3. The maximum absolute atomic E-state index is 12.1.